The van der Waals surface area contributed by atoms with Crippen molar-refractivity contribution in [2.24, 2.45) is 0 Å². The number of rotatable bonds is 5. The highest BCUT2D eigenvalue weighted by Gasteiger charge is 2.49. The van der Waals surface area contributed by atoms with Crippen molar-refractivity contribution in [2.45, 2.75) is 11.8 Å². The van der Waals surface area contributed by atoms with Crippen molar-refractivity contribution in [1.82, 2.24) is 0 Å². The number of furan rings is 1. The third kappa shape index (κ3) is 5.46. The predicted octanol–water partition coefficient (Wildman–Crippen LogP) is 16.5. The van der Waals surface area contributed by atoms with Gasteiger partial charge < -0.3 is 9.32 Å². The summed E-state index contributed by atoms with van der Waals surface area (Å²) in [5, 5.41) is 2.24. The van der Waals surface area contributed by atoms with E-state index in [-0.39, 0.29) is 0 Å². The Morgan fingerprint density at radius 3 is 1.64 bits per heavy atom. The molecule has 1 aromatic heterocycles. The summed E-state index contributed by atoms with van der Waals surface area (Å²) in [5.74, 6) is 0. The van der Waals surface area contributed by atoms with E-state index >= 15 is 0 Å². The molecular weight excluding hydrogens is 775 g/mol. The molecule has 1 spiro atoms. The molecular formula is C62H41NO. The average molecular weight is 816 g/mol. The van der Waals surface area contributed by atoms with E-state index in [4.69, 9.17) is 4.42 Å². The van der Waals surface area contributed by atoms with Crippen molar-refractivity contribution < 1.29 is 4.42 Å². The van der Waals surface area contributed by atoms with E-state index in [1.165, 1.54) is 77.9 Å². The minimum Gasteiger partial charge on any atom is -0.456 e. The van der Waals surface area contributed by atoms with E-state index in [0.717, 1.165) is 45.4 Å². The lowest BCUT2D eigenvalue weighted by molar-refractivity contribution is 0.669. The van der Waals surface area contributed by atoms with Gasteiger partial charge >= 0.3 is 0 Å². The van der Waals surface area contributed by atoms with Gasteiger partial charge in [0.25, 0.3) is 0 Å². The molecule has 2 nitrogen and oxygen atoms in total. The first-order valence-corrected chi connectivity index (χ1v) is 22.2. The summed E-state index contributed by atoms with van der Waals surface area (Å²) in [5.41, 5.74) is 22.4. The molecule has 0 fully saturated rings. The molecule has 64 heavy (non-hydrogen) atoms. The fourth-order valence-corrected chi connectivity index (χ4v) is 11.0. The molecule has 0 aliphatic heterocycles. The van der Waals surface area contributed by atoms with E-state index in [2.05, 4.69) is 229 Å². The Morgan fingerprint density at radius 2 is 0.922 bits per heavy atom. The first kappa shape index (κ1) is 36.5. The highest BCUT2D eigenvalue weighted by Crippen LogP contribution is 2.61. The molecule has 3 aliphatic carbocycles. The number of hydrogen-bond acceptors (Lipinski definition) is 2. The Balaban J connectivity index is 0.982. The monoisotopic (exact) mass is 815 g/mol. The second-order valence-corrected chi connectivity index (χ2v) is 17.1. The Bertz CT molecular complexity index is 3520. The molecule has 0 radical (unpaired) electrons. The third-order valence-electron chi connectivity index (χ3n) is 13.8. The number of hydrogen-bond donors (Lipinski definition) is 0. The summed E-state index contributed by atoms with van der Waals surface area (Å²) in [7, 11) is 0. The van der Waals surface area contributed by atoms with Crippen LogP contribution in [0.5, 0.6) is 0 Å². The zero-order chi connectivity index (χ0) is 42.2. The van der Waals surface area contributed by atoms with Crippen LogP contribution in [0.15, 0.2) is 241 Å². The van der Waals surface area contributed by atoms with Crippen molar-refractivity contribution in [3.63, 3.8) is 0 Å². The van der Waals surface area contributed by atoms with Gasteiger partial charge in [-0.3, -0.25) is 0 Å². The fraction of sp³-hybridized carbons (Fsp3) is 0.0323. The Morgan fingerprint density at radius 1 is 0.375 bits per heavy atom. The van der Waals surface area contributed by atoms with Crippen LogP contribution in [0.3, 0.4) is 0 Å². The van der Waals surface area contributed by atoms with Crippen molar-refractivity contribution in [1.29, 1.82) is 0 Å². The van der Waals surface area contributed by atoms with Crippen LogP contribution in [0, 0.1) is 0 Å². The van der Waals surface area contributed by atoms with Crippen LogP contribution in [0.1, 0.15) is 39.8 Å². The second-order valence-electron chi connectivity index (χ2n) is 17.1. The highest BCUT2D eigenvalue weighted by molar-refractivity contribution is 6.06. The van der Waals surface area contributed by atoms with Gasteiger partial charge in [-0.25, -0.2) is 0 Å². The minimum atomic E-state index is -0.517. The Kier molecular flexibility index (Phi) is 8.23. The van der Waals surface area contributed by atoms with Crippen molar-refractivity contribution in [2.75, 3.05) is 4.90 Å². The molecule has 13 rings (SSSR count). The maximum atomic E-state index is 6.43. The number of nitrogens with zero attached hydrogens (tertiary/aromatic N) is 1. The van der Waals surface area contributed by atoms with Gasteiger partial charge in [-0.1, -0.05) is 182 Å². The first-order valence-electron chi connectivity index (χ1n) is 22.2. The van der Waals surface area contributed by atoms with E-state index in [1.54, 1.807) is 0 Å². The maximum Gasteiger partial charge on any atom is 0.137 e. The molecule has 1 heterocycles. The standard InChI is InChI=1S/C62H41NO/c1-3-15-41(16-4-1)42-27-32-45(33-28-42)63(47-36-38-55-54-22-10-14-26-60(54)64-61(55)40-47)46-34-29-43(30-35-46)44-31-37-53-49-18-6-2-5-17-48(49)50-19-7-11-23-56(50)62(59(53)39-44)57-24-12-8-20-51(57)52-21-9-13-25-58(52)62/h1-17,19-40H,18H2. The number of benzene rings is 9. The van der Waals surface area contributed by atoms with E-state index in [1.807, 2.05) is 12.1 Å². The normalized spacial score (nSPS) is 14.1. The third-order valence-corrected chi connectivity index (χ3v) is 13.8. The smallest absolute Gasteiger partial charge is 0.137 e. The van der Waals surface area contributed by atoms with Crippen molar-refractivity contribution >= 4 is 50.1 Å². The Labute approximate surface area is 373 Å². The molecule has 10 aromatic rings. The average Bonchev–Trinajstić information content (AvgIpc) is 3.72. The Hall–Kier alpha value is -8.20. The van der Waals surface area contributed by atoms with Crippen LogP contribution < -0.4 is 4.90 Å². The SMILES string of the molecule is C1=CCC2=C(C=C1)c1ccccc1C1(c3cc(-c4ccc(N(c5ccc(-c6ccccc6)cc5)c5ccc6c(c5)oc5ccccc56)cc4)ccc32)c2ccccc2-c2ccccc21. The molecule has 0 unspecified atom stereocenters. The molecule has 3 aliphatic rings. The number of allylic oxidation sites excluding steroid dienone is 6. The summed E-state index contributed by atoms with van der Waals surface area (Å²) >= 11 is 0. The molecule has 300 valence electrons. The van der Waals surface area contributed by atoms with Crippen LogP contribution in [0.2, 0.25) is 0 Å². The second kappa shape index (κ2) is 14.4. The number of fused-ring (bicyclic) bond motifs is 14. The predicted molar refractivity (Wildman–Crippen MR) is 266 cm³/mol. The molecule has 0 atom stereocenters. The largest absolute Gasteiger partial charge is 0.456 e. The van der Waals surface area contributed by atoms with E-state index < -0.39 is 5.41 Å². The van der Waals surface area contributed by atoms with E-state index in [9.17, 15) is 0 Å². The molecule has 0 saturated carbocycles. The van der Waals surface area contributed by atoms with Gasteiger partial charge in [-0.05, 0) is 133 Å². The van der Waals surface area contributed by atoms with Crippen LogP contribution in [0.25, 0.3) is 66.5 Å². The number of para-hydroxylation sites is 1. The number of anilines is 3. The quantitative estimate of drug-likeness (QED) is 0.172. The van der Waals surface area contributed by atoms with Crippen molar-refractivity contribution in [3.05, 3.63) is 270 Å². The lowest BCUT2D eigenvalue weighted by Crippen LogP contribution is -2.30. The summed E-state index contributed by atoms with van der Waals surface area (Å²) in [4.78, 5) is 2.33. The zero-order valence-electron chi connectivity index (χ0n) is 35.1. The zero-order valence-corrected chi connectivity index (χ0v) is 35.1. The van der Waals surface area contributed by atoms with Gasteiger partial charge in [0.15, 0.2) is 0 Å². The topological polar surface area (TPSA) is 16.4 Å². The van der Waals surface area contributed by atoms with Crippen LogP contribution in [-0.4, -0.2) is 0 Å². The van der Waals surface area contributed by atoms with E-state index in [0.29, 0.717) is 0 Å². The molecule has 0 amide bonds. The maximum absolute atomic E-state index is 6.43. The van der Waals surface area contributed by atoms with Crippen molar-refractivity contribution in [3.8, 4) is 33.4 Å². The lowest BCUT2D eigenvalue weighted by atomic mass is 9.65. The fourth-order valence-electron chi connectivity index (χ4n) is 11.0. The molecule has 9 aromatic carbocycles. The molecule has 0 N–H and O–H groups in total. The van der Waals surface area contributed by atoms with Gasteiger partial charge in [-0.2, -0.15) is 0 Å². The molecule has 2 heteroatoms. The summed E-state index contributed by atoms with van der Waals surface area (Å²) in [6.07, 6.45) is 9.89. The van der Waals surface area contributed by atoms with Gasteiger partial charge in [0.2, 0.25) is 0 Å². The lowest BCUT2D eigenvalue weighted by Gasteiger charge is -2.36. The first-order chi connectivity index (χ1) is 31.7. The highest BCUT2D eigenvalue weighted by atomic mass is 16.3. The summed E-state index contributed by atoms with van der Waals surface area (Å²) in [6.45, 7) is 0. The minimum absolute atomic E-state index is 0.517. The van der Waals surface area contributed by atoms with Gasteiger partial charge in [0.1, 0.15) is 11.2 Å². The van der Waals surface area contributed by atoms with Crippen LogP contribution in [0.4, 0.5) is 17.1 Å². The van der Waals surface area contributed by atoms with Gasteiger partial charge in [-0.15, -0.1) is 0 Å². The summed E-state index contributed by atoms with van der Waals surface area (Å²) < 4.78 is 6.43. The van der Waals surface area contributed by atoms with Crippen LogP contribution >= 0.6 is 0 Å². The van der Waals surface area contributed by atoms with Gasteiger partial charge in [0.05, 0.1) is 5.41 Å². The molecule has 0 bridgehead atoms. The van der Waals surface area contributed by atoms with Gasteiger partial charge in [0, 0.05) is 33.9 Å². The molecule has 0 saturated heterocycles. The summed E-state index contributed by atoms with van der Waals surface area (Å²) in [6, 6.07) is 78.0. The van der Waals surface area contributed by atoms with Crippen LogP contribution in [-0.2, 0) is 5.41 Å².